The highest BCUT2D eigenvalue weighted by Gasteiger charge is 2.35. The number of hydrogen-bond acceptors (Lipinski definition) is 4. The minimum atomic E-state index is -0.205. The summed E-state index contributed by atoms with van der Waals surface area (Å²) in [6, 6.07) is 19.1. The zero-order chi connectivity index (χ0) is 23.5. The molecule has 1 N–H and O–H groups in total. The number of rotatable bonds is 5. The molecule has 3 aromatic rings. The largest absolute Gasteiger partial charge is 0.506 e. The molecule has 0 radical (unpaired) electrons. The summed E-state index contributed by atoms with van der Waals surface area (Å²) in [5.74, 6) is -0.177. The summed E-state index contributed by atoms with van der Waals surface area (Å²) in [5.41, 5.74) is 4.39. The number of benzene rings is 3. The predicted octanol–water partition coefficient (Wildman–Crippen LogP) is 7.74. The Balaban J connectivity index is 1.78. The number of anilines is 1. The molecule has 7 heteroatoms. The quantitative estimate of drug-likeness (QED) is 0.336. The molecule has 0 bridgehead atoms. The van der Waals surface area contributed by atoms with Gasteiger partial charge in [0.25, 0.3) is 5.91 Å². The van der Waals surface area contributed by atoms with E-state index in [0.717, 1.165) is 24.2 Å². The number of aryl methyl sites for hydroxylation is 2. The van der Waals surface area contributed by atoms with Gasteiger partial charge < -0.3 is 5.11 Å². The molecule has 0 aromatic heterocycles. The second-order valence-corrected chi connectivity index (χ2v) is 9.81. The van der Waals surface area contributed by atoms with E-state index in [9.17, 15) is 9.90 Å². The van der Waals surface area contributed by atoms with Gasteiger partial charge in [0.05, 0.1) is 20.8 Å². The molecule has 0 aliphatic carbocycles. The first-order valence-corrected chi connectivity index (χ1v) is 12.6. The fourth-order valence-electron chi connectivity index (χ4n) is 3.41. The highest BCUT2D eigenvalue weighted by atomic mass is 79.9. The summed E-state index contributed by atoms with van der Waals surface area (Å²) in [5, 5.41) is 11.5. The topological polar surface area (TPSA) is 52.9 Å². The maximum absolute atomic E-state index is 13.5. The molecule has 33 heavy (non-hydrogen) atoms. The van der Waals surface area contributed by atoms with Crippen molar-refractivity contribution in [3.05, 3.63) is 91.8 Å². The Bertz CT molecular complexity index is 1250. The molecule has 1 saturated heterocycles. The van der Waals surface area contributed by atoms with Crippen molar-refractivity contribution in [3.63, 3.8) is 0 Å². The predicted molar refractivity (Wildman–Crippen MR) is 143 cm³/mol. The summed E-state index contributed by atoms with van der Waals surface area (Å²) in [6.45, 7) is 4.20. The van der Waals surface area contributed by atoms with E-state index in [1.165, 1.54) is 22.9 Å². The molecular weight excluding hydrogens is 520 g/mol. The van der Waals surface area contributed by atoms with Gasteiger partial charge in [-0.2, -0.15) is 0 Å². The molecule has 1 aliphatic heterocycles. The van der Waals surface area contributed by atoms with Crippen molar-refractivity contribution in [1.29, 1.82) is 0 Å². The number of aromatic hydroxyl groups is 1. The smallest absolute Gasteiger partial charge is 0.271 e. The lowest BCUT2D eigenvalue weighted by molar-refractivity contribution is -0.113. The van der Waals surface area contributed by atoms with Crippen LogP contribution in [0.5, 0.6) is 5.75 Å². The average molecular weight is 542 g/mol. The van der Waals surface area contributed by atoms with Gasteiger partial charge in [-0.05, 0) is 94.1 Å². The molecule has 1 heterocycles. The van der Waals surface area contributed by atoms with E-state index in [-0.39, 0.29) is 11.7 Å². The van der Waals surface area contributed by atoms with Crippen molar-refractivity contribution in [2.75, 3.05) is 4.90 Å². The van der Waals surface area contributed by atoms with Gasteiger partial charge in [-0.15, -0.1) is 0 Å². The summed E-state index contributed by atoms with van der Waals surface area (Å²) in [6.07, 6.45) is 3.52. The monoisotopic (exact) mass is 540 g/mol. The Morgan fingerprint density at radius 3 is 2.24 bits per heavy atom. The van der Waals surface area contributed by atoms with Gasteiger partial charge in [-0.1, -0.05) is 49.7 Å². The fourth-order valence-corrected chi connectivity index (χ4v) is 5.24. The van der Waals surface area contributed by atoms with E-state index >= 15 is 0 Å². The maximum Gasteiger partial charge on any atom is 0.271 e. The third-order valence-corrected chi connectivity index (χ3v) is 7.11. The first-order valence-electron chi connectivity index (χ1n) is 10.6. The van der Waals surface area contributed by atoms with E-state index in [0.29, 0.717) is 25.1 Å². The summed E-state index contributed by atoms with van der Waals surface area (Å²) >= 11 is 10.7. The molecule has 168 valence electrons. The molecule has 0 saturated carbocycles. The summed E-state index contributed by atoms with van der Waals surface area (Å²) < 4.78 is 0.467. The number of hydrogen-bond donors (Lipinski definition) is 1. The zero-order valence-corrected chi connectivity index (χ0v) is 21.3. The Hall–Kier alpha value is -2.54. The van der Waals surface area contributed by atoms with Crippen LogP contribution < -0.4 is 4.90 Å². The second-order valence-electron chi connectivity index (χ2n) is 7.51. The number of nitrogens with zero attached hydrogens (tertiary/aromatic N) is 2. The molecule has 4 rings (SSSR count). The van der Waals surface area contributed by atoms with Crippen molar-refractivity contribution in [2.45, 2.75) is 26.7 Å². The van der Waals surface area contributed by atoms with Crippen LogP contribution in [-0.2, 0) is 17.6 Å². The number of aliphatic imine (C=N–C) groups is 1. The molecule has 0 atom stereocenters. The minimum Gasteiger partial charge on any atom is -0.506 e. The van der Waals surface area contributed by atoms with Gasteiger partial charge in [0.15, 0.2) is 5.17 Å². The molecule has 4 nitrogen and oxygen atoms in total. The number of halogens is 2. The third-order valence-electron chi connectivity index (χ3n) is 5.32. The highest BCUT2D eigenvalue weighted by Crippen LogP contribution is 2.40. The lowest BCUT2D eigenvalue weighted by Crippen LogP contribution is -2.28. The van der Waals surface area contributed by atoms with Crippen molar-refractivity contribution in [2.24, 2.45) is 4.99 Å². The van der Waals surface area contributed by atoms with Crippen molar-refractivity contribution in [3.8, 4) is 5.75 Å². The van der Waals surface area contributed by atoms with Crippen LogP contribution >= 0.6 is 39.3 Å². The molecule has 3 aromatic carbocycles. The number of carbonyl (C=O) groups excluding carboxylic acids is 1. The van der Waals surface area contributed by atoms with E-state index in [1.54, 1.807) is 23.1 Å². The van der Waals surface area contributed by atoms with E-state index in [2.05, 4.69) is 29.8 Å². The molecule has 1 fully saturated rings. The lowest BCUT2D eigenvalue weighted by atomic mass is 10.1. The van der Waals surface area contributed by atoms with Gasteiger partial charge >= 0.3 is 0 Å². The minimum absolute atomic E-state index is 0.0275. The van der Waals surface area contributed by atoms with Crippen molar-refractivity contribution < 1.29 is 9.90 Å². The van der Waals surface area contributed by atoms with Gasteiger partial charge in [0.2, 0.25) is 0 Å². The Kier molecular flexibility index (Phi) is 7.27. The fraction of sp³-hybridized carbons (Fsp3) is 0.154. The van der Waals surface area contributed by atoms with Crippen LogP contribution in [-0.4, -0.2) is 16.2 Å². The van der Waals surface area contributed by atoms with Crippen LogP contribution in [0.1, 0.15) is 30.5 Å². The molecule has 1 amide bonds. The van der Waals surface area contributed by atoms with Crippen LogP contribution in [0, 0.1) is 0 Å². The zero-order valence-electron chi connectivity index (χ0n) is 18.2. The van der Waals surface area contributed by atoms with E-state index in [1.807, 2.05) is 48.5 Å². The molecular formula is C26H22BrClN2O2S. The van der Waals surface area contributed by atoms with Crippen LogP contribution in [0.25, 0.3) is 6.08 Å². The van der Waals surface area contributed by atoms with Crippen molar-refractivity contribution >= 4 is 67.8 Å². The SMILES string of the molecule is CCc1ccc(N=C2S/C(=C\c3cc(Cl)cc(Br)c3O)C(=O)N2c2ccc(CC)cc2)cc1. The number of carbonyl (C=O) groups is 1. The summed E-state index contributed by atoms with van der Waals surface area (Å²) in [4.78, 5) is 20.3. The number of amides is 1. The normalized spacial score (nSPS) is 16.2. The van der Waals surface area contributed by atoms with Gasteiger partial charge in [0, 0.05) is 10.6 Å². The van der Waals surface area contributed by atoms with Crippen LogP contribution in [0.4, 0.5) is 11.4 Å². The van der Waals surface area contributed by atoms with Crippen LogP contribution in [0.2, 0.25) is 5.02 Å². The molecule has 1 aliphatic rings. The number of thioether (sulfide) groups is 1. The van der Waals surface area contributed by atoms with Crippen LogP contribution in [0.15, 0.2) is 75.0 Å². The first kappa shape index (κ1) is 23.6. The lowest BCUT2D eigenvalue weighted by Gasteiger charge is -2.16. The van der Waals surface area contributed by atoms with E-state index in [4.69, 9.17) is 16.6 Å². The standard InChI is InChI=1S/C26H22BrClN2O2S/c1-3-16-5-9-20(10-6-16)29-26-30(21-11-7-17(4-2)8-12-21)25(32)23(33-26)14-18-13-19(28)15-22(27)24(18)31/h5-15,31H,3-4H2,1-2H3/b23-14-,29-26?. The Labute approximate surface area is 211 Å². The van der Waals surface area contributed by atoms with Crippen molar-refractivity contribution in [1.82, 2.24) is 0 Å². The highest BCUT2D eigenvalue weighted by molar-refractivity contribution is 9.10. The van der Waals surface area contributed by atoms with Gasteiger partial charge in [0.1, 0.15) is 5.75 Å². The maximum atomic E-state index is 13.5. The average Bonchev–Trinajstić information content (AvgIpc) is 3.12. The number of phenols is 1. The number of amidine groups is 1. The molecule has 0 unspecified atom stereocenters. The Morgan fingerprint density at radius 1 is 1.03 bits per heavy atom. The number of phenolic OH excluding ortho intramolecular Hbond substituents is 1. The van der Waals surface area contributed by atoms with E-state index < -0.39 is 0 Å². The summed E-state index contributed by atoms with van der Waals surface area (Å²) in [7, 11) is 0. The Morgan fingerprint density at radius 2 is 1.64 bits per heavy atom. The molecule has 0 spiro atoms. The van der Waals surface area contributed by atoms with Gasteiger partial charge in [-0.3, -0.25) is 9.69 Å². The second kappa shape index (κ2) is 10.2. The first-order chi connectivity index (χ1) is 15.9. The van der Waals surface area contributed by atoms with Crippen LogP contribution in [0.3, 0.4) is 0 Å². The third kappa shape index (κ3) is 5.18. The van der Waals surface area contributed by atoms with Gasteiger partial charge in [-0.25, -0.2) is 4.99 Å².